The third-order valence-corrected chi connectivity index (χ3v) is 6.96. The topological polar surface area (TPSA) is 69.4 Å². The van der Waals surface area contributed by atoms with Crippen LogP contribution in [0.3, 0.4) is 0 Å². The summed E-state index contributed by atoms with van der Waals surface area (Å²) in [6, 6.07) is 3.77. The summed E-state index contributed by atoms with van der Waals surface area (Å²) in [5, 5.41) is 11.6. The summed E-state index contributed by atoms with van der Waals surface area (Å²) in [6.45, 7) is 2.15. The lowest BCUT2D eigenvalue weighted by molar-refractivity contribution is -0.386. The number of nitrogens with zero attached hydrogens (tertiary/aromatic N) is 1. The van der Waals surface area contributed by atoms with Crippen LogP contribution >= 0.6 is 0 Å². The standard InChI is InChI=1S/C19H23NO4/c1-19-10-9-12-11-5-7-16(24-2)18(20(22)23)14(11)4-3-13(12)15(19)6-8-17(19)21/h5,7,12-13,15H,3-4,6,8-10H2,1-2H3/t12-,13-,15-,19-/m1/s1. The van der Waals surface area contributed by atoms with Gasteiger partial charge < -0.3 is 4.74 Å². The molecular weight excluding hydrogens is 306 g/mol. The number of hydrogen-bond donors (Lipinski definition) is 0. The molecule has 3 aliphatic carbocycles. The van der Waals surface area contributed by atoms with Crippen LogP contribution in [-0.4, -0.2) is 17.8 Å². The fourth-order valence-corrected chi connectivity index (χ4v) is 5.76. The minimum atomic E-state index is -0.302. The molecule has 2 fully saturated rings. The van der Waals surface area contributed by atoms with Crippen molar-refractivity contribution in [1.82, 2.24) is 0 Å². The van der Waals surface area contributed by atoms with Crippen molar-refractivity contribution >= 4 is 11.5 Å². The van der Waals surface area contributed by atoms with Crippen LogP contribution in [0, 0.1) is 27.4 Å². The van der Waals surface area contributed by atoms with Crippen molar-refractivity contribution in [1.29, 1.82) is 0 Å². The van der Waals surface area contributed by atoms with E-state index in [1.807, 2.05) is 6.07 Å². The number of nitro groups is 1. The lowest BCUT2D eigenvalue weighted by atomic mass is 9.55. The Morgan fingerprint density at radius 2 is 2.04 bits per heavy atom. The molecule has 1 aromatic rings. The summed E-state index contributed by atoms with van der Waals surface area (Å²) in [7, 11) is 1.48. The number of ether oxygens (including phenoxy) is 1. The number of benzene rings is 1. The molecule has 0 N–H and O–H groups in total. The van der Waals surface area contributed by atoms with E-state index in [4.69, 9.17) is 4.74 Å². The summed E-state index contributed by atoms with van der Waals surface area (Å²) in [6.07, 6.45) is 5.23. The predicted octanol–water partition coefficient (Wildman–Crippen LogP) is 4.03. The second-order valence-corrected chi connectivity index (χ2v) is 7.77. The number of nitro benzene ring substituents is 1. The van der Waals surface area contributed by atoms with Gasteiger partial charge in [-0.1, -0.05) is 13.0 Å². The van der Waals surface area contributed by atoms with Gasteiger partial charge in [0.25, 0.3) is 0 Å². The summed E-state index contributed by atoms with van der Waals surface area (Å²) in [4.78, 5) is 23.6. The minimum absolute atomic E-state index is 0.143. The molecule has 24 heavy (non-hydrogen) atoms. The zero-order valence-electron chi connectivity index (χ0n) is 14.2. The Bertz CT molecular complexity index is 728. The zero-order chi connectivity index (χ0) is 17.1. The van der Waals surface area contributed by atoms with Crippen LogP contribution in [0.5, 0.6) is 5.75 Å². The van der Waals surface area contributed by atoms with Crippen molar-refractivity contribution < 1.29 is 14.5 Å². The quantitative estimate of drug-likeness (QED) is 0.607. The maximum atomic E-state index is 12.4. The number of hydrogen-bond acceptors (Lipinski definition) is 4. The molecule has 4 rings (SSSR count). The number of ketones is 1. The van der Waals surface area contributed by atoms with Gasteiger partial charge >= 0.3 is 5.69 Å². The van der Waals surface area contributed by atoms with Gasteiger partial charge in [-0.05, 0) is 61.5 Å². The van der Waals surface area contributed by atoms with Crippen molar-refractivity contribution in [3.05, 3.63) is 33.4 Å². The van der Waals surface area contributed by atoms with E-state index in [9.17, 15) is 14.9 Å². The van der Waals surface area contributed by atoms with Crippen molar-refractivity contribution in [3.8, 4) is 5.75 Å². The molecule has 0 unspecified atom stereocenters. The molecule has 0 aliphatic heterocycles. The van der Waals surface area contributed by atoms with E-state index in [1.165, 1.54) is 7.11 Å². The van der Waals surface area contributed by atoms with Gasteiger partial charge in [-0.25, -0.2) is 0 Å². The summed E-state index contributed by atoms with van der Waals surface area (Å²) in [5.74, 6) is 2.06. The molecule has 3 aliphatic rings. The van der Waals surface area contributed by atoms with E-state index in [0.29, 0.717) is 42.1 Å². The maximum Gasteiger partial charge on any atom is 0.314 e. The van der Waals surface area contributed by atoms with Gasteiger partial charge in [0, 0.05) is 17.4 Å². The normalized spacial score (nSPS) is 34.2. The molecular formula is C19H23NO4. The van der Waals surface area contributed by atoms with Gasteiger partial charge in [-0.15, -0.1) is 0 Å². The predicted molar refractivity (Wildman–Crippen MR) is 89.3 cm³/mol. The zero-order valence-corrected chi connectivity index (χ0v) is 14.2. The highest BCUT2D eigenvalue weighted by atomic mass is 16.6. The van der Waals surface area contributed by atoms with Crippen LogP contribution < -0.4 is 4.74 Å². The van der Waals surface area contributed by atoms with Crippen LogP contribution in [0.1, 0.15) is 56.1 Å². The number of fused-ring (bicyclic) bond motifs is 5. The minimum Gasteiger partial charge on any atom is -0.490 e. The van der Waals surface area contributed by atoms with Crippen LogP contribution in [0.2, 0.25) is 0 Å². The van der Waals surface area contributed by atoms with E-state index < -0.39 is 0 Å². The molecule has 0 aromatic heterocycles. The summed E-state index contributed by atoms with van der Waals surface area (Å²) < 4.78 is 5.22. The van der Waals surface area contributed by atoms with Gasteiger partial charge in [0.05, 0.1) is 12.0 Å². The lowest BCUT2D eigenvalue weighted by Gasteiger charge is -2.48. The van der Waals surface area contributed by atoms with E-state index in [2.05, 4.69) is 6.92 Å². The average molecular weight is 329 g/mol. The molecule has 0 amide bonds. The number of rotatable bonds is 2. The Morgan fingerprint density at radius 3 is 2.75 bits per heavy atom. The van der Waals surface area contributed by atoms with Gasteiger partial charge in [0.15, 0.2) is 5.75 Å². The number of Topliss-reactive ketones (excluding diaryl/α,β-unsaturated/α-hetero) is 1. The first kappa shape index (κ1) is 15.6. The first-order valence-electron chi connectivity index (χ1n) is 8.85. The van der Waals surface area contributed by atoms with Gasteiger partial charge in [-0.2, -0.15) is 0 Å². The van der Waals surface area contributed by atoms with E-state index in [1.54, 1.807) is 6.07 Å². The molecule has 5 heteroatoms. The largest absolute Gasteiger partial charge is 0.490 e. The van der Waals surface area contributed by atoms with Crippen LogP contribution in [-0.2, 0) is 11.2 Å². The fraction of sp³-hybridized carbons (Fsp3) is 0.632. The SMILES string of the molecule is COc1ccc2c(c1[N+](=O)[O-])CC[C@@H]1[C@@H]2CC[C@@]2(C)C(=O)CC[C@H]12. The smallest absolute Gasteiger partial charge is 0.314 e. The van der Waals surface area contributed by atoms with Crippen LogP contribution in [0.15, 0.2) is 12.1 Å². The first-order valence-corrected chi connectivity index (χ1v) is 8.85. The van der Waals surface area contributed by atoms with Crippen molar-refractivity contribution in [3.63, 3.8) is 0 Å². The second kappa shape index (κ2) is 5.30. The molecule has 4 atom stereocenters. The molecule has 1 aromatic carbocycles. The van der Waals surface area contributed by atoms with Gasteiger partial charge in [-0.3, -0.25) is 14.9 Å². The number of carbonyl (C=O) groups is 1. The second-order valence-electron chi connectivity index (χ2n) is 7.77. The molecule has 128 valence electrons. The molecule has 0 heterocycles. The summed E-state index contributed by atoms with van der Waals surface area (Å²) >= 11 is 0. The first-order chi connectivity index (χ1) is 11.5. The van der Waals surface area contributed by atoms with Crippen molar-refractivity contribution in [2.24, 2.45) is 17.3 Å². The average Bonchev–Trinajstić information content (AvgIpc) is 2.88. The third kappa shape index (κ3) is 1.96. The molecule has 0 saturated heterocycles. The molecule has 0 spiro atoms. The molecule has 0 bridgehead atoms. The van der Waals surface area contributed by atoms with Crippen LogP contribution in [0.4, 0.5) is 5.69 Å². The molecule has 5 nitrogen and oxygen atoms in total. The lowest BCUT2D eigenvalue weighted by Crippen LogP contribution is -2.42. The Labute approximate surface area is 141 Å². The molecule has 0 radical (unpaired) electrons. The van der Waals surface area contributed by atoms with E-state index >= 15 is 0 Å². The Kier molecular flexibility index (Phi) is 3.44. The number of carbonyl (C=O) groups excluding carboxylic acids is 1. The number of methoxy groups -OCH3 is 1. The Balaban J connectivity index is 1.77. The van der Waals surface area contributed by atoms with Gasteiger partial charge in [0.1, 0.15) is 5.78 Å². The Morgan fingerprint density at radius 1 is 1.25 bits per heavy atom. The van der Waals surface area contributed by atoms with E-state index in [0.717, 1.165) is 36.8 Å². The highest BCUT2D eigenvalue weighted by Crippen LogP contribution is 2.60. The van der Waals surface area contributed by atoms with Gasteiger partial charge in [0.2, 0.25) is 0 Å². The maximum absolute atomic E-state index is 12.4. The van der Waals surface area contributed by atoms with Crippen molar-refractivity contribution in [2.45, 2.75) is 51.4 Å². The highest BCUT2D eigenvalue weighted by Gasteiger charge is 2.55. The molecule has 2 saturated carbocycles. The Hall–Kier alpha value is -1.91. The van der Waals surface area contributed by atoms with Crippen LogP contribution in [0.25, 0.3) is 0 Å². The highest BCUT2D eigenvalue weighted by molar-refractivity contribution is 5.87. The third-order valence-electron chi connectivity index (χ3n) is 6.96. The monoisotopic (exact) mass is 329 g/mol. The summed E-state index contributed by atoms with van der Waals surface area (Å²) in [5.41, 5.74) is 1.97. The van der Waals surface area contributed by atoms with E-state index in [-0.39, 0.29) is 16.0 Å². The van der Waals surface area contributed by atoms with Crippen molar-refractivity contribution in [2.75, 3.05) is 7.11 Å². The fourth-order valence-electron chi connectivity index (χ4n) is 5.76.